The van der Waals surface area contributed by atoms with Gasteiger partial charge in [-0.3, -0.25) is 4.79 Å². The van der Waals surface area contributed by atoms with Crippen LogP contribution in [0.2, 0.25) is 0 Å². The average molecular weight is 316 g/mol. The Kier molecular flexibility index (Phi) is 4.48. The van der Waals surface area contributed by atoms with Gasteiger partial charge in [-0.15, -0.1) is 0 Å². The third kappa shape index (κ3) is 3.45. The summed E-state index contributed by atoms with van der Waals surface area (Å²) in [6.07, 6.45) is 2.02. The maximum Gasteiger partial charge on any atom is 0.289 e. The van der Waals surface area contributed by atoms with E-state index in [9.17, 15) is 9.18 Å². The number of benzene rings is 1. The van der Waals surface area contributed by atoms with E-state index < -0.39 is 0 Å². The Labute approximate surface area is 135 Å². The molecule has 23 heavy (non-hydrogen) atoms. The number of rotatable bonds is 3. The lowest BCUT2D eigenvalue weighted by Crippen LogP contribution is -2.44. The van der Waals surface area contributed by atoms with E-state index in [2.05, 4.69) is 0 Å². The topological polar surface area (TPSA) is 59.5 Å². The second-order valence-electron chi connectivity index (χ2n) is 6.18. The SMILES string of the molecule is CC(N)C1CCCN(C(=O)c2ccc(-c3ccc(F)cc3)o2)C1. The molecule has 5 heteroatoms. The first-order chi connectivity index (χ1) is 11.0. The van der Waals surface area contributed by atoms with Gasteiger partial charge in [0.1, 0.15) is 11.6 Å². The molecule has 1 aromatic heterocycles. The first-order valence-corrected chi connectivity index (χ1v) is 7.95. The van der Waals surface area contributed by atoms with E-state index in [1.165, 1.54) is 12.1 Å². The lowest BCUT2D eigenvalue weighted by molar-refractivity contribution is 0.0630. The van der Waals surface area contributed by atoms with Crippen LogP contribution in [0.15, 0.2) is 40.8 Å². The van der Waals surface area contributed by atoms with Crippen LogP contribution in [0.25, 0.3) is 11.3 Å². The Morgan fingerprint density at radius 1 is 1.30 bits per heavy atom. The van der Waals surface area contributed by atoms with Crippen molar-refractivity contribution in [3.05, 3.63) is 48.0 Å². The van der Waals surface area contributed by atoms with Gasteiger partial charge in [0, 0.05) is 24.7 Å². The summed E-state index contributed by atoms with van der Waals surface area (Å²) in [5.41, 5.74) is 6.72. The predicted molar refractivity (Wildman–Crippen MR) is 86.4 cm³/mol. The molecule has 1 aliphatic heterocycles. The first kappa shape index (κ1) is 15.7. The highest BCUT2D eigenvalue weighted by Gasteiger charge is 2.28. The van der Waals surface area contributed by atoms with E-state index in [0.29, 0.717) is 24.0 Å². The van der Waals surface area contributed by atoms with Gasteiger partial charge in [-0.2, -0.15) is 0 Å². The lowest BCUT2D eigenvalue weighted by atomic mass is 9.92. The highest BCUT2D eigenvalue weighted by atomic mass is 19.1. The zero-order valence-electron chi connectivity index (χ0n) is 13.2. The van der Waals surface area contributed by atoms with Gasteiger partial charge in [0.25, 0.3) is 5.91 Å². The van der Waals surface area contributed by atoms with Crippen LogP contribution in [-0.4, -0.2) is 29.9 Å². The molecule has 0 radical (unpaired) electrons. The number of hydrogen-bond donors (Lipinski definition) is 1. The molecular weight excluding hydrogens is 295 g/mol. The number of halogens is 1. The molecule has 1 saturated heterocycles. The fourth-order valence-electron chi connectivity index (χ4n) is 3.00. The van der Waals surface area contributed by atoms with Crippen LogP contribution in [0.1, 0.15) is 30.3 Å². The van der Waals surface area contributed by atoms with Crippen LogP contribution < -0.4 is 5.73 Å². The van der Waals surface area contributed by atoms with Gasteiger partial charge in [0.2, 0.25) is 0 Å². The molecule has 1 aromatic carbocycles. The minimum Gasteiger partial charge on any atom is -0.451 e. The normalized spacial score (nSPS) is 19.6. The third-order valence-corrected chi connectivity index (χ3v) is 4.43. The van der Waals surface area contributed by atoms with Gasteiger partial charge in [0.05, 0.1) is 0 Å². The standard InChI is InChI=1S/C18H21FN2O2/c1-12(20)14-3-2-10-21(11-14)18(22)17-9-8-16(23-17)13-4-6-15(19)7-5-13/h4-9,12,14H,2-3,10-11,20H2,1H3. The molecule has 1 aliphatic rings. The van der Waals surface area contributed by atoms with E-state index in [1.807, 2.05) is 11.8 Å². The Hall–Kier alpha value is -2.14. The molecule has 2 N–H and O–H groups in total. The minimum atomic E-state index is -0.299. The van der Waals surface area contributed by atoms with Crippen LogP contribution >= 0.6 is 0 Å². The number of nitrogens with two attached hydrogens (primary N) is 1. The molecule has 2 heterocycles. The fraction of sp³-hybridized carbons (Fsp3) is 0.389. The zero-order valence-corrected chi connectivity index (χ0v) is 13.2. The van der Waals surface area contributed by atoms with Gasteiger partial charge in [0.15, 0.2) is 5.76 Å². The van der Waals surface area contributed by atoms with E-state index in [-0.39, 0.29) is 17.8 Å². The zero-order chi connectivity index (χ0) is 16.4. The number of furan rings is 1. The number of amides is 1. The summed E-state index contributed by atoms with van der Waals surface area (Å²) in [4.78, 5) is 14.4. The fourth-order valence-corrected chi connectivity index (χ4v) is 3.00. The molecule has 2 aromatic rings. The van der Waals surface area contributed by atoms with Gasteiger partial charge in [-0.1, -0.05) is 0 Å². The largest absolute Gasteiger partial charge is 0.451 e. The molecule has 0 saturated carbocycles. The minimum absolute atomic E-state index is 0.0805. The van der Waals surface area contributed by atoms with E-state index in [4.69, 9.17) is 10.2 Å². The highest BCUT2D eigenvalue weighted by Crippen LogP contribution is 2.25. The highest BCUT2D eigenvalue weighted by molar-refractivity contribution is 5.92. The molecule has 4 nitrogen and oxygen atoms in total. The van der Waals surface area contributed by atoms with Crippen molar-refractivity contribution < 1.29 is 13.6 Å². The number of carbonyl (C=O) groups excluding carboxylic acids is 1. The van der Waals surface area contributed by atoms with Crippen molar-refractivity contribution in [2.24, 2.45) is 11.7 Å². The number of piperidine rings is 1. The number of hydrogen-bond acceptors (Lipinski definition) is 3. The van der Waals surface area contributed by atoms with Crippen LogP contribution in [-0.2, 0) is 0 Å². The van der Waals surface area contributed by atoms with Crippen LogP contribution in [0.4, 0.5) is 4.39 Å². The van der Waals surface area contributed by atoms with Gasteiger partial charge < -0.3 is 15.1 Å². The van der Waals surface area contributed by atoms with Crippen molar-refractivity contribution in [1.29, 1.82) is 0 Å². The van der Waals surface area contributed by atoms with E-state index in [0.717, 1.165) is 24.9 Å². The molecule has 0 aliphatic carbocycles. The van der Waals surface area contributed by atoms with Crippen LogP contribution in [0, 0.1) is 11.7 Å². The maximum absolute atomic E-state index is 13.0. The second kappa shape index (κ2) is 6.54. The maximum atomic E-state index is 13.0. The Balaban J connectivity index is 1.74. The van der Waals surface area contributed by atoms with Crippen molar-refractivity contribution in [2.45, 2.75) is 25.8 Å². The van der Waals surface area contributed by atoms with Crippen molar-refractivity contribution in [1.82, 2.24) is 4.90 Å². The van der Waals surface area contributed by atoms with Gasteiger partial charge >= 0.3 is 0 Å². The number of nitrogens with zero attached hydrogens (tertiary/aromatic N) is 1. The third-order valence-electron chi connectivity index (χ3n) is 4.43. The summed E-state index contributed by atoms with van der Waals surface area (Å²) in [7, 11) is 0. The van der Waals surface area contributed by atoms with Crippen molar-refractivity contribution in [3.63, 3.8) is 0 Å². The smallest absolute Gasteiger partial charge is 0.289 e. The van der Waals surface area contributed by atoms with Crippen molar-refractivity contribution in [3.8, 4) is 11.3 Å². The molecule has 1 amide bonds. The Morgan fingerprint density at radius 3 is 2.74 bits per heavy atom. The molecular formula is C18H21FN2O2. The molecule has 2 atom stereocenters. The summed E-state index contributed by atoms with van der Waals surface area (Å²) in [6, 6.07) is 9.51. The van der Waals surface area contributed by atoms with Gasteiger partial charge in [-0.25, -0.2) is 4.39 Å². The second-order valence-corrected chi connectivity index (χ2v) is 6.18. The summed E-state index contributed by atoms with van der Waals surface area (Å²) in [5, 5.41) is 0. The van der Waals surface area contributed by atoms with Gasteiger partial charge in [-0.05, 0) is 62.1 Å². The monoisotopic (exact) mass is 316 g/mol. The van der Waals surface area contributed by atoms with E-state index in [1.54, 1.807) is 24.3 Å². The summed E-state index contributed by atoms with van der Waals surface area (Å²) in [6.45, 7) is 3.38. The average Bonchev–Trinajstić information content (AvgIpc) is 3.05. The van der Waals surface area contributed by atoms with Crippen LogP contribution in [0.3, 0.4) is 0 Å². The lowest BCUT2D eigenvalue weighted by Gasteiger charge is -2.34. The molecule has 3 rings (SSSR count). The molecule has 0 spiro atoms. The summed E-state index contributed by atoms with van der Waals surface area (Å²) in [5.74, 6) is 0.804. The molecule has 122 valence electrons. The Bertz CT molecular complexity index is 679. The number of likely N-dealkylation sites (tertiary alicyclic amines) is 1. The molecule has 2 unspecified atom stereocenters. The summed E-state index contributed by atoms with van der Waals surface area (Å²) < 4.78 is 18.7. The first-order valence-electron chi connectivity index (χ1n) is 7.95. The molecule has 0 bridgehead atoms. The van der Waals surface area contributed by atoms with Crippen LogP contribution in [0.5, 0.6) is 0 Å². The Morgan fingerprint density at radius 2 is 2.04 bits per heavy atom. The van der Waals surface area contributed by atoms with Crippen molar-refractivity contribution in [2.75, 3.05) is 13.1 Å². The summed E-state index contributed by atoms with van der Waals surface area (Å²) >= 11 is 0. The quantitative estimate of drug-likeness (QED) is 0.945. The predicted octanol–water partition coefficient (Wildman–Crippen LogP) is 3.29. The number of carbonyl (C=O) groups is 1. The van der Waals surface area contributed by atoms with Crippen molar-refractivity contribution >= 4 is 5.91 Å². The molecule has 1 fully saturated rings. The van der Waals surface area contributed by atoms with E-state index >= 15 is 0 Å².